The second kappa shape index (κ2) is 5.62. The van der Waals surface area contributed by atoms with Gasteiger partial charge in [-0.2, -0.15) is 0 Å². The van der Waals surface area contributed by atoms with Crippen LogP contribution < -0.4 is 10.6 Å². The number of ether oxygens (including phenoxy) is 1. The maximum Gasteiger partial charge on any atom is 0.240 e. The molecule has 1 saturated heterocycles. The number of rotatable bonds is 7. The molecule has 3 aliphatic rings. The van der Waals surface area contributed by atoms with E-state index in [0.29, 0.717) is 25.7 Å². The van der Waals surface area contributed by atoms with Gasteiger partial charge >= 0.3 is 0 Å². The molecule has 0 unspecified atom stereocenters. The lowest BCUT2D eigenvalue weighted by Crippen LogP contribution is -2.61. The molecule has 0 aromatic carbocycles. The van der Waals surface area contributed by atoms with E-state index in [1.54, 1.807) is 0 Å². The molecule has 0 aromatic heterocycles. The lowest BCUT2D eigenvalue weighted by Gasteiger charge is -2.42. The highest BCUT2D eigenvalue weighted by molar-refractivity contribution is 5.86. The molecular weight excluding hydrogens is 256 g/mol. The molecule has 0 atom stereocenters. The Morgan fingerprint density at radius 2 is 1.95 bits per heavy atom. The highest BCUT2D eigenvalue weighted by Crippen LogP contribution is 2.33. The lowest BCUT2D eigenvalue weighted by atomic mass is 9.85. The topological polar surface area (TPSA) is 70.6 Å². The first kappa shape index (κ1) is 14.3. The molecule has 0 bridgehead atoms. The number of hydrogen-bond acceptors (Lipinski definition) is 4. The van der Waals surface area contributed by atoms with E-state index in [1.165, 1.54) is 12.8 Å². The van der Waals surface area contributed by atoms with Crippen LogP contribution in [-0.2, 0) is 9.53 Å². The Kier molecular flexibility index (Phi) is 4.02. The minimum absolute atomic E-state index is 0.125. The van der Waals surface area contributed by atoms with Crippen LogP contribution in [0.1, 0.15) is 38.5 Å². The summed E-state index contributed by atoms with van der Waals surface area (Å²) in [7, 11) is 0. The number of amides is 1. The van der Waals surface area contributed by atoms with E-state index in [-0.39, 0.29) is 17.9 Å². The highest BCUT2D eigenvalue weighted by Gasteiger charge is 2.45. The van der Waals surface area contributed by atoms with Crippen molar-refractivity contribution in [1.29, 1.82) is 0 Å². The number of nitrogens with one attached hydrogen (secondary N) is 2. The summed E-state index contributed by atoms with van der Waals surface area (Å²) in [5.74, 6) is 0.872. The van der Waals surface area contributed by atoms with Gasteiger partial charge in [-0.1, -0.05) is 12.8 Å². The molecule has 1 aliphatic heterocycles. The third-order valence-electron chi connectivity index (χ3n) is 5.09. The van der Waals surface area contributed by atoms with Crippen molar-refractivity contribution in [1.82, 2.24) is 10.6 Å². The Hall–Kier alpha value is -0.650. The summed E-state index contributed by atoms with van der Waals surface area (Å²) in [6.07, 6.45) is 6.54. The van der Waals surface area contributed by atoms with Gasteiger partial charge in [0.25, 0.3) is 0 Å². The minimum atomic E-state index is -0.410. The molecule has 0 aromatic rings. The van der Waals surface area contributed by atoms with Gasteiger partial charge in [-0.25, -0.2) is 0 Å². The van der Waals surface area contributed by atoms with Crippen molar-refractivity contribution in [3.05, 3.63) is 0 Å². The average molecular weight is 282 g/mol. The highest BCUT2D eigenvalue weighted by atomic mass is 16.5. The zero-order valence-corrected chi connectivity index (χ0v) is 12.1. The zero-order valence-electron chi connectivity index (χ0n) is 12.1. The molecule has 20 heavy (non-hydrogen) atoms. The molecule has 3 rings (SSSR count). The van der Waals surface area contributed by atoms with Crippen LogP contribution in [0.4, 0.5) is 0 Å². The van der Waals surface area contributed by atoms with Crippen molar-refractivity contribution in [2.24, 2.45) is 11.3 Å². The van der Waals surface area contributed by atoms with Crippen molar-refractivity contribution < 1.29 is 14.6 Å². The maximum atomic E-state index is 12.5. The van der Waals surface area contributed by atoms with Crippen LogP contribution in [-0.4, -0.2) is 49.5 Å². The van der Waals surface area contributed by atoms with Crippen molar-refractivity contribution >= 4 is 5.91 Å². The Bertz CT molecular complexity index is 353. The summed E-state index contributed by atoms with van der Waals surface area (Å²) in [4.78, 5) is 12.5. The summed E-state index contributed by atoms with van der Waals surface area (Å²) in [5, 5.41) is 16.1. The SMILES string of the molecule is O=C(NCC1CC1)C1(NCC2(CO)COC2)CCCC1. The summed E-state index contributed by atoms with van der Waals surface area (Å²) in [6, 6.07) is 0. The monoisotopic (exact) mass is 282 g/mol. The lowest BCUT2D eigenvalue weighted by molar-refractivity contribution is -0.141. The quantitative estimate of drug-likeness (QED) is 0.633. The number of hydrogen-bond donors (Lipinski definition) is 3. The normalized spacial score (nSPS) is 27.1. The maximum absolute atomic E-state index is 12.5. The molecule has 0 spiro atoms. The standard InChI is InChI=1S/C15H26N2O3/c18-9-14(10-20-11-14)8-17-15(5-1-2-6-15)13(19)16-7-12-3-4-12/h12,17-18H,1-11H2,(H,16,19). The second-order valence-corrected chi connectivity index (χ2v) is 6.95. The van der Waals surface area contributed by atoms with E-state index in [9.17, 15) is 9.90 Å². The van der Waals surface area contributed by atoms with Crippen molar-refractivity contribution in [3.8, 4) is 0 Å². The largest absolute Gasteiger partial charge is 0.396 e. The number of aliphatic hydroxyl groups excluding tert-OH is 1. The van der Waals surface area contributed by atoms with Gasteiger partial charge in [0.05, 0.1) is 30.8 Å². The van der Waals surface area contributed by atoms with E-state index < -0.39 is 5.54 Å². The first-order valence-electron chi connectivity index (χ1n) is 7.90. The van der Waals surface area contributed by atoms with E-state index in [0.717, 1.165) is 32.2 Å². The molecule has 3 N–H and O–H groups in total. The molecular formula is C15H26N2O3. The number of carbonyl (C=O) groups excluding carboxylic acids is 1. The fourth-order valence-corrected chi connectivity index (χ4v) is 3.19. The van der Waals surface area contributed by atoms with Gasteiger partial charge in [-0.3, -0.25) is 4.79 Å². The minimum Gasteiger partial charge on any atom is -0.396 e. The molecule has 2 saturated carbocycles. The smallest absolute Gasteiger partial charge is 0.240 e. The Balaban J connectivity index is 1.56. The van der Waals surface area contributed by atoms with E-state index in [1.807, 2.05) is 0 Å². The average Bonchev–Trinajstić information content (AvgIpc) is 3.12. The van der Waals surface area contributed by atoms with Gasteiger partial charge in [0.2, 0.25) is 5.91 Å². The van der Waals surface area contributed by atoms with E-state index in [4.69, 9.17) is 4.74 Å². The van der Waals surface area contributed by atoms with E-state index >= 15 is 0 Å². The number of carbonyl (C=O) groups is 1. The van der Waals surface area contributed by atoms with Gasteiger partial charge in [0, 0.05) is 13.1 Å². The Morgan fingerprint density at radius 3 is 2.45 bits per heavy atom. The third kappa shape index (κ3) is 2.85. The molecule has 2 aliphatic carbocycles. The Morgan fingerprint density at radius 1 is 1.25 bits per heavy atom. The van der Waals surface area contributed by atoms with Crippen molar-refractivity contribution in [2.75, 3.05) is 32.9 Å². The predicted octanol–water partition coefficient (Wildman–Crippen LogP) is 0.424. The molecule has 3 fully saturated rings. The van der Waals surface area contributed by atoms with Gasteiger partial charge in [0.15, 0.2) is 0 Å². The van der Waals surface area contributed by atoms with Crippen LogP contribution in [0.25, 0.3) is 0 Å². The predicted molar refractivity (Wildman–Crippen MR) is 75.3 cm³/mol. The molecule has 1 heterocycles. The fraction of sp³-hybridized carbons (Fsp3) is 0.933. The van der Waals surface area contributed by atoms with Gasteiger partial charge < -0.3 is 20.5 Å². The first-order chi connectivity index (χ1) is 9.68. The molecule has 114 valence electrons. The van der Waals surface area contributed by atoms with Crippen LogP contribution in [0.5, 0.6) is 0 Å². The number of aliphatic hydroxyl groups is 1. The molecule has 0 radical (unpaired) electrons. The van der Waals surface area contributed by atoms with E-state index in [2.05, 4.69) is 10.6 Å². The summed E-state index contributed by atoms with van der Waals surface area (Å²) < 4.78 is 5.22. The van der Waals surface area contributed by atoms with Crippen LogP contribution in [0.2, 0.25) is 0 Å². The summed E-state index contributed by atoms with van der Waals surface area (Å²) >= 11 is 0. The van der Waals surface area contributed by atoms with Crippen LogP contribution in [0.3, 0.4) is 0 Å². The Labute approximate surface area is 120 Å². The molecule has 5 heteroatoms. The third-order valence-corrected chi connectivity index (χ3v) is 5.09. The van der Waals surface area contributed by atoms with Crippen molar-refractivity contribution in [2.45, 2.75) is 44.1 Å². The van der Waals surface area contributed by atoms with Gasteiger partial charge in [-0.15, -0.1) is 0 Å². The van der Waals surface area contributed by atoms with Crippen LogP contribution in [0.15, 0.2) is 0 Å². The van der Waals surface area contributed by atoms with Crippen LogP contribution >= 0.6 is 0 Å². The van der Waals surface area contributed by atoms with Gasteiger partial charge in [0.1, 0.15) is 0 Å². The van der Waals surface area contributed by atoms with Crippen LogP contribution in [0, 0.1) is 11.3 Å². The summed E-state index contributed by atoms with van der Waals surface area (Å²) in [6.45, 7) is 2.81. The van der Waals surface area contributed by atoms with Gasteiger partial charge in [-0.05, 0) is 31.6 Å². The first-order valence-corrected chi connectivity index (χ1v) is 7.90. The summed E-state index contributed by atoms with van der Waals surface area (Å²) in [5.41, 5.74) is -0.584. The molecule has 5 nitrogen and oxygen atoms in total. The molecule has 1 amide bonds. The fourth-order valence-electron chi connectivity index (χ4n) is 3.19. The second-order valence-electron chi connectivity index (χ2n) is 6.95. The zero-order chi connectivity index (χ0) is 14.1. The van der Waals surface area contributed by atoms with Crippen molar-refractivity contribution in [3.63, 3.8) is 0 Å².